The third-order valence-corrected chi connectivity index (χ3v) is 4.32. The monoisotopic (exact) mass is 365 g/mol. The molecule has 0 atom stereocenters. The molecule has 0 aliphatic carbocycles. The summed E-state index contributed by atoms with van der Waals surface area (Å²) in [5.41, 5.74) is 1.18. The van der Waals surface area contributed by atoms with Crippen LogP contribution in [-0.4, -0.2) is 35.1 Å². The number of imide groups is 1. The van der Waals surface area contributed by atoms with Crippen LogP contribution in [0.3, 0.4) is 0 Å². The summed E-state index contributed by atoms with van der Waals surface area (Å²) in [7, 11) is 0. The van der Waals surface area contributed by atoms with E-state index in [0.29, 0.717) is 22.9 Å². The lowest BCUT2D eigenvalue weighted by Gasteiger charge is -2.14. The number of nitrogens with zero attached hydrogens (tertiary/aromatic N) is 1. The van der Waals surface area contributed by atoms with E-state index >= 15 is 0 Å². The van der Waals surface area contributed by atoms with Crippen LogP contribution >= 0.6 is 0 Å². The summed E-state index contributed by atoms with van der Waals surface area (Å²) in [6.45, 7) is -0.344. The topological polar surface area (TPSA) is 105 Å². The van der Waals surface area contributed by atoms with Gasteiger partial charge in [-0.15, -0.1) is 0 Å². The molecule has 1 saturated heterocycles. The summed E-state index contributed by atoms with van der Waals surface area (Å²) >= 11 is 0. The Morgan fingerprint density at radius 2 is 1.78 bits per heavy atom. The van der Waals surface area contributed by atoms with Crippen LogP contribution in [-0.2, 0) is 14.4 Å². The largest absolute Gasteiger partial charge is 0.454 e. The fraction of sp³-hybridized carbons (Fsp3) is 0.158. The minimum absolute atomic E-state index is 0.128. The quantitative estimate of drug-likeness (QED) is 0.811. The molecule has 136 valence electrons. The number of para-hydroxylation sites is 2. The lowest BCUT2D eigenvalue weighted by Crippen LogP contribution is -2.36. The number of likely N-dealkylation sites (tertiary alicyclic amines) is 1. The van der Waals surface area contributed by atoms with Crippen molar-refractivity contribution in [2.24, 2.45) is 0 Å². The Kier molecular flexibility index (Phi) is 4.08. The Morgan fingerprint density at radius 3 is 2.56 bits per heavy atom. The molecular weight excluding hydrogens is 350 g/mol. The van der Waals surface area contributed by atoms with Gasteiger partial charge in [-0.05, 0) is 30.3 Å². The van der Waals surface area contributed by atoms with Crippen molar-refractivity contribution >= 4 is 35.0 Å². The molecule has 8 nitrogen and oxygen atoms in total. The second-order valence-electron chi connectivity index (χ2n) is 6.19. The van der Waals surface area contributed by atoms with Crippen LogP contribution in [0, 0.1) is 0 Å². The molecule has 0 unspecified atom stereocenters. The fourth-order valence-corrected chi connectivity index (χ4v) is 2.98. The van der Waals surface area contributed by atoms with Crippen LogP contribution in [0.4, 0.5) is 11.4 Å². The van der Waals surface area contributed by atoms with E-state index in [1.165, 1.54) is 6.07 Å². The number of ether oxygens (including phenoxy) is 1. The Hall–Kier alpha value is -3.68. The molecule has 4 amide bonds. The second kappa shape index (κ2) is 6.56. The number of anilines is 2. The molecule has 1 fully saturated rings. The Morgan fingerprint density at radius 1 is 1.04 bits per heavy atom. The summed E-state index contributed by atoms with van der Waals surface area (Å²) in [4.78, 5) is 48.8. The van der Waals surface area contributed by atoms with Gasteiger partial charge >= 0.3 is 0 Å². The lowest BCUT2D eigenvalue weighted by atomic mass is 10.1. The molecule has 2 aromatic rings. The third-order valence-electron chi connectivity index (χ3n) is 4.32. The van der Waals surface area contributed by atoms with Gasteiger partial charge in [-0.1, -0.05) is 12.1 Å². The Labute approximate surface area is 154 Å². The zero-order valence-electron chi connectivity index (χ0n) is 14.2. The maximum atomic E-state index is 12.5. The first-order valence-corrected chi connectivity index (χ1v) is 8.36. The van der Waals surface area contributed by atoms with Gasteiger partial charge in [0.2, 0.25) is 17.7 Å². The van der Waals surface area contributed by atoms with Crippen LogP contribution < -0.4 is 15.4 Å². The zero-order valence-corrected chi connectivity index (χ0v) is 14.2. The highest BCUT2D eigenvalue weighted by Gasteiger charge is 2.30. The molecule has 2 aliphatic heterocycles. The van der Waals surface area contributed by atoms with Crippen molar-refractivity contribution in [3.8, 4) is 11.5 Å². The minimum Gasteiger partial charge on any atom is -0.454 e. The maximum absolute atomic E-state index is 12.5. The first kappa shape index (κ1) is 16.8. The van der Waals surface area contributed by atoms with Crippen molar-refractivity contribution in [1.82, 2.24) is 4.90 Å². The lowest BCUT2D eigenvalue weighted by molar-refractivity contribution is -0.141. The molecule has 0 bridgehead atoms. The normalized spacial score (nSPS) is 15.4. The van der Waals surface area contributed by atoms with E-state index < -0.39 is 5.91 Å². The van der Waals surface area contributed by atoms with E-state index in [9.17, 15) is 19.2 Å². The number of nitrogens with one attached hydrogen (secondary N) is 2. The summed E-state index contributed by atoms with van der Waals surface area (Å²) < 4.78 is 5.77. The van der Waals surface area contributed by atoms with Gasteiger partial charge in [0.25, 0.3) is 5.91 Å². The molecule has 8 heteroatoms. The van der Waals surface area contributed by atoms with E-state index in [1.54, 1.807) is 36.4 Å². The maximum Gasteiger partial charge on any atom is 0.259 e. The van der Waals surface area contributed by atoms with E-state index in [2.05, 4.69) is 10.6 Å². The molecule has 2 aromatic carbocycles. The third kappa shape index (κ3) is 3.24. The SMILES string of the molecule is O=C(CN1C(=O)CCC1=O)Nc1ccc2c(c1)C(=O)Nc1ccccc1O2. The van der Waals surface area contributed by atoms with Gasteiger partial charge in [0.1, 0.15) is 12.3 Å². The Bertz CT molecular complexity index is 969. The molecule has 27 heavy (non-hydrogen) atoms. The van der Waals surface area contributed by atoms with Gasteiger partial charge in [0, 0.05) is 18.5 Å². The molecule has 0 radical (unpaired) electrons. The number of carbonyl (C=O) groups is 4. The molecule has 2 aliphatic rings. The number of benzene rings is 2. The van der Waals surface area contributed by atoms with Gasteiger partial charge < -0.3 is 15.4 Å². The van der Waals surface area contributed by atoms with E-state index in [4.69, 9.17) is 4.74 Å². The molecule has 0 saturated carbocycles. The molecule has 0 spiro atoms. The molecule has 2 N–H and O–H groups in total. The molecule has 0 aromatic heterocycles. The van der Waals surface area contributed by atoms with Crippen molar-refractivity contribution in [3.63, 3.8) is 0 Å². The first-order valence-electron chi connectivity index (χ1n) is 8.36. The predicted octanol–water partition coefficient (Wildman–Crippen LogP) is 2.13. The van der Waals surface area contributed by atoms with Gasteiger partial charge in [-0.25, -0.2) is 0 Å². The second-order valence-corrected chi connectivity index (χ2v) is 6.19. The Balaban J connectivity index is 1.52. The van der Waals surface area contributed by atoms with Crippen molar-refractivity contribution in [2.45, 2.75) is 12.8 Å². The predicted molar refractivity (Wildman–Crippen MR) is 95.5 cm³/mol. The van der Waals surface area contributed by atoms with Gasteiger partial charge in [0.05, 0.1) is 11.3 Å². The molecule has 2 heterocycles. The van der Waals surface area contributed by atoms with Crippen LogP contribution in [0.15, 0.2) is 42.5 Å². The average Bonchev–Trinajstić information content (AvgIpc) is 2.88. The number of hydrogen-bond acceptors (Lipinski definition) is 5. The highest BCUT2D eigenvalue weighted by Crippen LogP contribution is 2.36. The smallest absolute Gasteiger partial charge is 0.259 e. The number of hydrogen-bond donors (Lipinski definition) is 2. The zero-order chi connectivity index (χ0) is 19.0. The van der Waals surface area contributed by atoms with E-state index in [0.717, 1.165) is 4.90 Å². The summed E-state index contributed by atoms with van der Waals surface area (Å²) in [5, 5.41) is 5.36. The molecule has 4 rings (SSSR count). The highest BCUT2D eigenvalue weighted by atomic mass is 16.5. The average molecular weight is 365 g/mol. The first-order chi connectivity index (χ1) is 13.0. The number of rotatable bonds is 3. The molecular formula is C19H15N3O5. The fourth-order valence-electron chi connectivity index (χ4n) is 2.98. The van der Waals surface area contributed by atoms with Crippen LogP contribution in [0.5, 0.6) is 11.5 Å². The van der Waals surface area contributed by atoms with Crippen LogP contribution in [0.2, 0.25) is 0 Å². The number of amides is 4. The summed E-state index contributed by atoms with van der Waals surface area (Å²) in [6, 6.07) is 11.7. The van der Waals surface area contributed by atoms with Gasteiger partial charge in [-0.2, -0.15) is 0 Å². The van der Waals surface area contributed by atoms with Crippen LogP contribution in [0.25, 0.3) is 0 Å². The van der Waals surface area contributed by atoms with Gasteiger partial charge in [0.15, 0.2) is 5.75 Å². The van der Waals surface area contributed by atoms with Crippen LogP contribution in [0.1, 0.15) is 23.2 Å². The van der Waals surface area contributed by atoms with Crippen molar-refractivity contribution in [3.05, 3.63) is 48.0 Å². The summed E-state index contributed by atoms with van der Waals surface area (Å²) in [5.74, 6) is -0.717. The number of carbonyl (C=O) groups excluding carboxylic acids is 4. The highest BCUT2D eigenvalue weighted by molar-refractivity contribution is 6.09. The van der Waals surface area contributed by atoms with E-state index in [1.807, 2.05) is 0 Å². The van der Waals surface area contributed by atoms with Gasteiger partial charge in [-0.3, -0.25) is 24.1 Å². The van der Waals surface area contributed by atoms with Crippen molar-refractivity contribution < 1.29 is 23.9 Å². The minimum atomic E-state index is -0.517. The number of fused-ring (bicyclic) bond motifs is 2. The standard InChI is InChI=1S/C19H15N3O5/c23-16(10-22-17(24)7-8-18(22)25)20-11-5-6-14-12(9-11)19(26)21-13-3-1-2-4-15(13)27-14/h1-6,9H,7-8,10H2,(H,20,23)(H,21,26). The van der Waals surface area contributed by atoms with Crippen molar-refractivity contribution in [2.75, 3.05) is 17.2 Å². The van der Waals surface area contributed by atoms with Crippen molar-refractivity contribution in [1.29, 1.82) is 0 Å². The van der Waals surface area contributed by atoms with E-state index in [-0.39, 0.29) is 42.7 Å². The summed E-state index contributed by atoms with van der Waals surface area (Å²) in [6.07, 6.45) is 0.256.